The van der Waals surface area contributed by atoms with Gasteiger partial charge in [-0.25, -0.2) is 0 Å². The molecule has 2 rings (SSSR count). The van der Waals surface area contributed by atoms with Crippen molar-refractivity contribution in [3.05, 3.63) is 0 Å². The maximum Gasteiger partial charge on any atom is 0.240 e. The molecule has 2 aliphatic rings. The van der Waals surface area contributed by atoms with E-state index in [0.717, 1.165) is 37.3 Å². The summed E-state index contributed by atoms with van der Waals surface area (Å²) in [5.74, 6) is 1.85. The Bertz CT molecular complexity index is 256. The third kappa shape index (κ3) is 2.52. The van der Waals surface area contributed by atoms with Crippen molar-refractivity contribution < 1.29 is 9.90 Å². The Balaban J connectivity index is 1.94. The summed E-state index contributed by atoms with van der Waals surface area (Å²) in [6.45, 7) is 0. The van der Waals surface area contributed by atoms with Gasteiger partial charge < -0.3 is 10.0 Å². The molecule has 1 heterocycles. The van der Waals surface area contributed by atoms with Gasteiger partial charge in [0, 0.05) is 18.7 Å². The molecule has 0 aromatic rings. The second-order valence-electron chi connectivity index (χ2n) is 4.64. The van der Waals surface area contributed by atoms with Gasteiger partial charge in [-0.1, -0.05) is 12.8 Å². The van der Waals surface area contributed by atoms with Crippen molar-refractivity contribution in [1.82, 2.24) is 10.2 Å². The highest BCUT2D eigenvalue weighted by Gasteiger charge is 2.33. The molecule has 0 bridgehead atoms. The van der Waals surface area contributed by atoms with E-state index in [2.05, 4.69) is 5.32 Å². The first kappa shape index (κ1) is 12.2. The second kappa shape index (κ2) is 5.38. The summed E-state index contributed by atoms with van der Waals surface area (Å²) >= 11 is 1.75. The minimum atomic E-state index is -0.336. The van der Waals surface area contributed by atoms with E-state index in [0.29, 0.717) is 0 Å². The Hall–Kier alpha value is -0.260. The van der Waals surface area contributed by atoms with Crippen LogP contribution in [0.5, 0.6) is 0 Å². The normalized spacial score (nSPS) is 35.0. The number of hydrogen-bond donors (Lipinski definition) is 2. The molecule has 1 saturated heterocycles. The molecule has 0 radical (unpaired) electrons. The van der Waals surface area contributed by atoms with Gasteiger partial charge in [-0.3, -0.25) is 10.1 Å². The Morgan fingerprint density at radius 3 is 2.81 bits per heavy atom. The van der Waals surface area contributed by atoms with Gasteiger partial charge in [0.2, 0.25) is 5.91 Å². The maximum atomic E-state index is 12.1. The van der Waals surface area contributed by atoms with E-state index in [1.165, 1.54) is 0 Å². The highest BCUT2D eigenvalue weighted by atomic mass is 32.2. The lowest BCUT2D eigenvalue weighted by Crippen LogP contribution is -2.52. The van der Waals surface area contributed by atoms with Gasteiger partial charge in [0.15, 0.2) is 0 Å². The van der Waals surface area contributed by atoms with E-state index >= 15 is 0 Å². The van der Waals surface area contributed by atoms with E-state index in [-0.39, 0.29) is 24.1 Å². The summed E-state index contributed by atoms with van der Waals surface area (Å²) in [6.07, 6.45) is 3.62. The average molecular weight is 244 g/mol. The summed E-state index contributed by atoms with van der Waals surface area (Å²) in [4.78, 5) is 13.9. The Kier molecular flexibility index (Phi) is 4.10. The lowest BCUT2D eigenvalue weighted by molar-refractivity contribution is -0.136. The van der Waals surface area contributed by atoms with Crippen LogP contribution in [-0.4, -0.2) is 52.8 Å². The molecule has 4 nitrogen and oxygen atoms in total. The predicted octanol–water partition coefficient (Wildman–Crippen LogP) is 0.411. The topological polar surface area (TPSA) is 52.6 Å². The van der Waals surface area contributed by atoms with Crippen molar-refractivity contribution in [2.75, 3.05) is 18.7 Å². The van der Waals surface area contributed by atoms with Crippen LogP contribution in [0.25, 0.3) is 0 Å². The number of aliphatic hydroxyl groups is 1. The van der Waals surface area contributed by atoms with E-state index < -0.39 is 0 Å². The minimum Gasteiger partial charge on any atom is -0.391 e. The van der Waals surface area contributed by atoms with Crippen LogP contribution < -0.4 is 5.32 Å². The first-order chi connectivity index (χ1) is 7.70. The smallest absolute Gasteiger partial charge is 0.240 e. The SMILES string of the molecule is CN(C(=O)C1CSCN1)C1CCCCC1O. The lowest BCUT2D eigenvalue weighted by atomic mass is 9.91. The van der Waals surface area contributed by atoms with E-state index in [4.69, 9.17) is 0 Å². The van der Waals surface area contributed by atoms with Crippen LogP contribution in [0.2, 0.25) is 0 Å². The zero-order valence-electron chi connectivity index (χ0n) is 9.69. The number of nitrogens with zero attached hydrogens (tertiary/aromatic N) is 1. The van der Waals surface area contributed by atoms with Gasteiger partial charge in [-0.2, -0.15) is 0 Å². The van der Waals surface area contributed by atoms with Crippen LogP contribution in [-0.2, 0) is 4.79 Å². The zero-order chi connectivity index (χ0) is 11.5. The second-order valence-corrected chi connectivity index (χ2v) is 5.67. The Morgan fingerprint density at radius 1 is 1.44 bits per heavy atom. The molecule has 16 heavy (non-hydrogen) atoms. The van der Waals surface area contributed by atoms with Gasteiger partial charge in [-0.15, -0.1) is 11.8 Å². The number of likely N-dealkylation sites (N-methyl/N-ethyl adjacent to an activating group) is 1. The number of nitrogens with one attached hydrogen (secondary N) is 1. The summed E-state index contributed by atoms with van der Waals surface area (Å²) in [5, 5.41) is 13.1. The van der Waals surface area contributed by atoms with E-state index in [9.17, 15) is 9.90 Å². The lowest BCUT2D eigenvalue weighted by Gasteiger charge is -2.36. The number of aliphatic hydroxyl groups excluding tert-OH is 1. The van der Waals surface area contributed by atoms with Gasteiger partial charge in [0.25, 0.3) is 0 Å². The number of thioether (sulfide) groups is 1. The largest absolute Gasteiger partial charge is 0.391 e. The Labute approximate surface area is 101 Å². The van der Waals surface area contributed by atoms with Crippen molar-refractivity contribution >= 4 is 17.7 Å². The van der Waals surface area contributed by atoms with Crippen molar-refractivity contribution in [1.29, 1.82) is 0 Å². The molecule has 2 N–H and O–H groups in total. The molecule has 2 fully saturated rings. The van der Waals surface area contributed by atoms with Crippen LogP contribution in [0.1, 0.15) is 25.7 Å². The van der Waals surface area contributed by atoms with Crippen molar-refractivity contribution in [3.8, 4) is 0 Å². The monoisotopic (exact) mass is 244 g/mol. The molecule has 5 heteroatoms. The zero-order valence-corrected chi connectivity index (χ0v) is 10.5. The summed E-state index contributed by atoms with van der Waals surface area (Å²) in [7, 11) is 1.83. The number of rotatable bonds is 2. The number of carbonyl (C=O) groups is 1. The molecule has 92 valence electrons. The minimum absolute atomic E-state index is 0.0219. The van der Waals surface area contributed by atoms with E-state index in [1.807, 2.05) is 7.05 Å². The number of amides is 1. The van der Waals surface area contributed by atoms with Gasteiger partial charge in [0.1, 0.15) is 0 Å². The van der Waals surface area contributed by atoms with Crippen LogP contribution in [0, 0.1) is 0 Å². The number of hydrogen-bond acceptors (Lipinski definition) is 4. The summed E-state index contributed by atoms with van der Waals surface area (Å²) in [6, 6.07) is -0.0298. The molecule has 1 saturated carbocycles. The highest BCUT2D eigenvalue weighted by molar-refractivity contribution is 7.99. The summed E-state index contributed by atoms with van der Waals surface area (Å²) < 4.78 is 0. The fourth-order valence-corrected chi connectivity index (χ4v) is 3.44. The molecule has 1 amide bonds. The molecule has 1 aliphatic carbocycles. The molecule has 0 aromatic heterocycles. The van der Waals surface area contributed by atoms with Crippen LogP contribution in [0.4, 0.5) is 0 Å². The molecule has 0 spiro atoms. The van der Waals surface area contributed by atoms with Crippen molar-refractivity contribution in [2.45, 2.75) is 43.9 Å². The fourth-order valence-electron chi connectivity index (χ4n) is 2.51. The molecule has 3 atom stereocenters. The van der Waals surface area contributed by atoms with Crippen LogP contribution >= 0.6 is 11.8 Å². The summed E-state index contributed by atoms with van der Waals surface area (Å²) in [5.41, 5.74) is 0. The molecule has 1 aliphatic heterocycles. The first-order valence-electron chi connectivity index (χ1n) is 5.96. The first-order valence-corrected chi connectivity index (χ1v) is 7.11. The Morgan fingerprint density at radius 2 is 2.19 bits per heavy atom. The van der Waals surface area contributed by atoms with Crippen LogP contribution in [0.3, 0.4) is 0 Å². The average Bonchev–Trinajstić information content (AvgIpc) is 2.81. The van der Waals surface area contributed by atoms with Gasteiger partial charge in [-0.05, 0) is 12.8 Å². The van der Waals surface area contributed by atoms with Crippen molar-refractivity contribution in [2.24, 2.45) is 0 Å². The van der Waals surface area contributed by atoms with Gasteiger partial charge in [0.05, 0.1) is 18.2 Å². The third-order valence-corrected chi connectivity index (χ3v) is 4.49. The molecule has 3 unspecified atom stereocenters. The number of carbonyl (C=O) groups excluding carboxylic acids is 1. The third-order valence-electron chi connectivity index (χ3n) is 3.55. The fraction of sp³-hybridized carbons (Fsp3) is 0.909. The standard InChI is InChI=1S/C11H20N2O2S/c1-13(9-4-2-3-5-10(9)14)11(15)8-6-16-7-12-8/h8-10,12,14H,2-7H2,1H3. The molecular formula is C11H20N2O2S. The molecular weight excluding hydrogens is 224 g/mol. The quantitative estimate of drug-likeness (QED) is 0.739. The maximum absolute atomic E-state index is 12.1. The van der Waals surface area contributed by atoms with Crippen molar-refractivity contribution in [3.63, 3.8) is 0 Å². The van der Waals surface area contributed by atoms with Crippen LogP contribution in [0.15, 0.2) is 0 Å². The highest BCUT2D eigenvalue weighted by Crippen LogP contribution is 2.23. The van der Waals surface area contributed by atoms with Gasteiger partial charge >= 0.3 is 0 Å². The molecule has 0 aromatic carbocycles. The van der Waals surface area contributed by atoms with E-state index in [1.54, 1.807) is 16.7 Å². The predicted molar refractivity (Wildman–Crippen MR) is 65.3 cm³/mol.